The van der Waals surface area contributed by atoms with Crippen molar-refractivity contribution in [3.8, 4) is 0 Å². The van der Waals surface area contributed by atoms with Gasteiger partial charge in [0.1, 0.15) is 0 Å². The van der Waals surface area contributed by atoms with Crippen molar-refractivity contribution in [2.45, 2.75) is 43.5 Å². The van der Waals surface area contributed by atoms with Crippen molar-refractivity contribution in [1.82, 2.24) is 4.72 Å². The molecule has 0 aliphatic heterocycles. The van der Waals surface area contributed by atoms with E-state index in [-0.39, 0.29) is 10.9 Å². The van der Waals surface area contributed by atoms with Gasteiger partial charge in [-0.15, -0.1) is 0 Å². The molecule has 3 nitrogen and oxygen atoms in total. The van der Waals surface area contributed by atoms with Crippen molar-refractivity contribution < 1.29 is 8.42 Å². The summed E-state index contributed by atoms with van der Waals surface area (Å²) in [4.78, 5) is 0.282. The van der Waals surface area contributed by atoms with Gasteiger partial charge in [0.2, 0.25) is 10.0 Å². The van der Waals surface area contributed by atoms with Crippen LogP contribution in [0.25, 0.3) is 0 Å². The maximum atomic E-state index is 12.2. The number of hydrogen-bond acceptors (Lipinski definition) is 2. The molecule has 2 rings (SSSR count). The first-order valence-corrected chi connectivity index (χ1v) is 8.13. The third kappa shape index (κ3) is 3.25. The SMILES string of the molecule is C[C@H]1CCCC[C@H]1NS(=O)(=O)c1ccc(Cl)cc1. The lowest BCUT2D eigenvalue weighted by molar-refractivity contribution is 0.310. The zero-order valence-electron chi connectivity index (χ0n) is 10.4. The number of sulfonamides is 1. The van der Waals surface area contributed by atoms with Crippen molar-refractivity contribution in [1.29, 1.82) is 0 Å². The molecular weight excluding hydrogens is 270 g/mol. The van der Waals surface area contributed by atoms with Gasteiger partial charge in [0.15, 0.2) is 0 Å². The molecule has 0 bridgehead atoms. The molecule has 18 heavy (non-hydrogen) atoms. The van der Waals surface area contributed by atoms with E-state index in [1.807, 2.05) is 0 Å². The Labute approximate surface area is 114 Å². The summed E-state index contributed by atoms with van der Waals surface area (Å²) >= 11 is 5.76. The predicted molar refractivity (Wildman–Crippen MR) is 73.2 cm³/mol. The van der Waals surface area contributed by atoms with E-state index in [0.717, 1.165) is 19.3 Å². The van der Waals surface area contributed by atoms with Crippen molar-refractivity contribution in [3.05, 3.63) is 29.3 Å². The fourth-order valence-electron chi connectivity index (χ4n) is 2.37. The molecule has 1 aliphatic carbocycles. The standard InChI is InChI=1S/C13H18ClNO2S/c1-10-4-2-3-5-13(10)15-18(16,17)12-8-6-11(14)7-9-12/h6-10,13,15H,2-5H2,1H3/t10-,13+/m0/s1. The lowest BCUT2D eigenvalue weighted by Gasteiger charge is -2.29. The highest BCUT2D eigenvalue weighted by atomic mass is 35.5. The van der Waals surface area contributed by atoms with Gasteiger partial charge in [-0.25, -0.2) is 13.1 Å². The minimum Gasteiger partial charge on any atom is -0.208 e. The molecule has 0 unspecified atom stereocenters. The van der Waals surface area contributed by atoms with Crippen LogP contribution in [0.2, 0.25) is 5.02 Å². The van der Waals surface area contributed by atoms with E-state index < -0.39 is 10.0 Å². The van der Waals surface area contributed by atoms with E-state index in [1.54, 1.807) is 12.1 Å². The van der Waals surface area contributed by atoms with E-state index in [0.29, 0.717) is 10.9 Å². The molecule has 100 valence electrons. The summed E-state index contributed by atoms with van der Waals surface area (Å²) in [6, 6.07) is 6.33. The Balaban J connectivity index is 2.13. The molecule has 0 spiro atoms. The third-order valence-electron chi connectivity index (χ3n) is 3.54. The number of hydrogen-bond donors (Lipinski definition) is 1. The van der Waals surface area contributed by atoms with Gasteiger partial charge in [-0.3, -0.25) is 0 Å². The lowest BCUT2D eigenvalue weighted by atomic mass is 9.87. The average Bonchev–Trinajstić information content (AvgIpc) is 2.32. The van der Waals surface area contributed by atoms with Crippen LogP contribution in [0.4, 0.5) is 0 Å². The summed E-state index contributed by atoms with van der Waals surface area (Å²) in [5.41, 5.74) is 0. The molecule has 5 heteroatoms. The van der Waals surface area contributed by atoms with Crippen molar-refractivity contribution >= 4 is 21.6 Å². The summed E-state index contributed by atoms with van der Waals surface area (Å²) < 4.78 is 27.2. The summed E-state index contributed by atoms with van der Waals surface area (Å²) in [5, 5.41) is 0.542. The van der Waals surface area contributed by atoms with Crippen LogP contribution < -0.4 is 4.72 Å². The molecule has 0 saturated heterocycles. The molecule has 0 radical (unpaired) electrons. The van der Waals surface area contributed by atoms with Gasteiger partial charge in [-0.1, -0.05) is 31.4 Å². The van der Waals surface area contributed by atoms with Crippen LogP contribution in [0.15, 0.2) is 29.2 Å². The molecule has 1 N–H and O–H groups in total. The maximum Gasteiger partial charge on any atom is 0.240 e. The van der Waals surface area contributed by atoms with Crippen molar-refractivity contribution in [3.63, 3.8) is 0 Å². The highest BCUT2D eigenvalue weighted by Gasteiger charge is 2.26. The van der Waals surface area contributed by atoms with Gasteiger partial charge >= 0.3 is 0 Å². The minimum absolute atomic E-state index is 0.0550. The molecule has 1 aromatic rings. The number of benzene rings is 1. The van der Waals surface area contributed by atoms with E-state index in [1.165, 1.54) is 18.6 Å². The average molecular weight is 288 g/mol. The van der Waals surface area contributed by atoms with Crippen LogP contribution in [-0.4, -0.2) is 14.5 Å². The summed E-state index contributed by atoms with van der Waals surface area (Å²) in [6.45, 7) is 2.11. The Kier molecular flexibility index (Phi) is 4.30. The Morgan fingerprint density at radius 2 is 1.78 bits per heavy atom. The van der Waals surface area contributed by atoms with Crippen molar-refractivity contribution in [2.75, 3.05) is 0 Å². The smallest absolute Gasteiger partial charge is 0.208 e. The van der Waals surface area contributed by atoms with Gasteiger partial charge in [-0.2, -0.15) is 0 Å². The monoisotopic (exact) mass is 287 g/mol. The van der Waals surface area contributed by atoms with E-state index in [4.69, 9.17) is 11.6 Å². The van der Waals surface area contributed by atoms with Crippen LogP contribution in [-0.2, 0) is 10.0 Å². The van der Waals surface area contributed by atoms with E-state index in [9.17, 15) is 8.42 Å². The lowest BCUT2D eigenvalue weighted by Crippen LogP contribution is -2.40. The Morgan fingerprint density at radius 1 is 1.17 bits per heavy atom. The van der Waals surface area contributed by atoms with Gasteiger partial charge in [0, 0.05) is 11.1 Å². The molecule has 0 amide bonds. The summed E-state index contributed by atoms with van der Waals surface area (Å²) in [6.07, 6.45) is 4.31. The second-order valence-electron chi connectivity index (χ2n) is 4.94. The zero-order valence-corrected chi connectivity index (χ0v) is 12.0. The Bertz CT molecular complexity index is 498. The largest absolute Gasteiger partial charge is 0.240 e. The van der Waals surface area contributed by atoms with Gasteiger partial charge in [0.05, 0.1) is 4.90 Å². The van der Waals surface area contributed by atoms with Crippen LogP contribution in [0.1, 0.15) is 32.6 Å². The normalized spacial score (nSPS) is 25.0. The van der Waals surface area contributed by atoms with E-state index >= 15 is 0 Å². The molecular formula is C13H18ClNO2S. The first-order chi connectivity index (χ1) is 8.49. The molecule has 0 heterocycles. The van der Waals surface area contributed by atoms with Crippen LogP contribution >= 0.6 is 11.6 Å². The number of rotatable bonds is 3. The molecule has 1 aromatic carbocycles. The number of nitrogens with one attached hydrogen (secondary N) is 1. The fraction of sp³-hybridized carbons (Fsp3) is 0.538. The van der Waals surface area contributed by atoms with Crippen LogP contribution in [0.5, 0.6) is 0 Å². The number of halogens is 1. The van der Waals surface area contributed by atoms with Gasteiger partial charge in [-0.05, 0) is 43.0 Å². The molecule has 1 fully saturated rings. The maximum absolute atomic E-state index is 12.2. The summed E-state index contributed by atoms with van der Waals surface area (Å²) in [7, 11) is -3.42. The molecule has 1 aliphatic rings. The second kappa shape index (κ2) is 5.59. The topological polar surface area (TPSA) is 46.2 Å². The predicted octanol–water partition coefficient (Wildman–Crippen LogP) is 3.20. The van der Waals surface area contributed by atoms with E-state index in [2.05, 4.69) is 11.6 Å². The molecule has 2 atom stereocenters. The summed E-state index contributed by atoms with van der Waals surface area (Å²) in [5.74, 6) is 0.404. The molecule has 0 aromatic heterocycles. The van der Waals surface area contributed by atoms with Crippen LogP contribution in [0.3, 0.4) is 0 Å². The minimum atomic E-state index is -3.42. The quantitative estimate of drug-likeness (QED) is 0.928. The van der Waals surface area contributed by atoms with Gasteiger partial charge < -0.3 is 0 Å². The highest BCUT2D eigenvalue weighted by Crippen LogP contribution is 2.25. The first-order valence-electron chi connectivity index (χ1n) is 6.27. The second-order valence-corrected chi connectivity index (χ2v) is 7.09. The molecule has 1 saturated carbocycles. The first kappa shape index (κ1) is 13.8. The fourth-order valence-corrected chi connectivity index (χ4v) is 3.88. The Hall–Kier alpha value is -0.580. The zero-order chi connectivity index (χ0) is 13.2. The third-order valence-corrected chi connectivity index (χ3v) is 5.30. The Morgan fingerprint density at radius 3 is 2.39 bits per heavy atom. The van der Waals surface area contributed by atoms with Crippen LogP contribution in [0, 0.1) is 5.92 Å². The van der Waals surface area contributed by atoms with Crippen molar-refractivity contribution in [2.24, 2.45) is 5.92 Å². The highest BCUT2D eigenvalue weighted by molar-refractivity contribution is 7.89. The van der Waals surface area contributed by atoms with Gasteiger partial charge in [0.25, 0.3) is 0 Å².